The van der Waals surface area contributed by atoms with Crippen molar-refractivity contribution in [1.29, 1.82) is 0 Å². The average molecular weight is 252 g/mol. The second-order valence-electron chi connectivity index (χ2n) is 3.66. The van der Waals surface area contributed by atoms with Gasteiger partial charge in [-0.15, -0.1) is 0 Å². The van der Waals surface area contributed by atoms with E-state index in [1.54, 1.807) is 7.11 Å². The Morgan fingerprint density at radius 3 is 2.38 bits per heavy atom. The molecule has 0 saturated heterocycles. The van der Waals surface area contributed by atoms with Gasteiger partial charge in [-0.25, -0.2) is 8.42 Å². The molecule has 0 bridgehead atoms. The van der Waals surface area contributed by atoms with Crippen molar-refractivity contribution in [3.63, 3.8) is 0 Å². The van der Waals surface area contributed by atoms with E-state index in [0.29, 0.717) is 19.4 Å². The van der Waals surface area contributed by atoms with Gasteiger partial charge >= 0.3 is 5.97 Å². The third-order valence-corrected chi connectivity index (χ3v) is 4.57. The summed E-state index contributed by atoms with van der Waals surface area (Å²) in [5.74, 6) is -0.401. The molecule has 6 heteroatoms. The Labute approximate surface area is 97.0 Å². The number of sulfone groups is 1. The number of ether oxygens (including phenoxy) is 2. The van der Waals surface area contributed by atoms with E-state index < -0.39 is 21.1 Å². The molecule has 0 saturated carbocycles. The topological polar surface area (TPSA) is 69.7 Å². The van der Waals surface area contributed by atoms with Crippen LogP contribution in [0.1, 0.15) is 26.2 Å². The zero-order valence-corrected chi connectivity index (χ0v) is 10.9. The molecule has 0 amide bonds. The van der Waals surface area contributed by atoms with Crippen molar-refractivity contribution in [1.82, 2.24) is 0 Å². The first-order valence-corrected chi connectivity index (χ1v) is 6.93. The van der Waals surface area contributed by atoms with Crippen molar-refractivity contribution in [3.05, 3.63) is 0 Å². The minimum atomic E-state index is -3.20. The largest absolute Gasteiger partial charge is 0.469 e. The fraction of sp³-hybridized carbons (Fsp3) is 0.900. The van der Waals surface area contributed by atoms with Gasteiger partial charge in [-0.05, 0) is 19.8 Å². The van der Waals surface area contributed by atoms with Crippen molar-refractivity contribution in [3.8, 4) is 0 Å². The molecule has 0 aromatic rings. The lowest BCUT2D eigenvalue weighted by Crippen LogP contribution is -2.24. The van der Waals surface area contributed by atoms with E-state index in [1.807, 2.05) is 0 Å². The van der Waals surface area contributed by atoms with Gasteiger partial charge < -0.3 is 9.47 Å². The maximum absolute atomic E-state index is 11.7. The predicted molar refractivity (Wildman–Crippen MR) is 61.0 cm³/mol. The SMILES string of the molecule is COCCCCS(=O)(=O)C(C)CC(=O)OC. The molecule has 0 aromatic heterocycles. The highest BCUT2D eigenvalue weighted by Gasteiger charge is 2.23. The van der Waals surface area contributed by atoms with E-state index >= 15 is 0 Å². The molecule has 0 spiro atoms. The van der Waals surface area contributed by atoms with E-state index in [-0.39, 0.29) is 12.2 Å². The van der Waals surface area contributed by atoms with Crippen LogP contribution in [0.2, 0.25) is 0 Å². The van der Waals surface area contributed by atoms with Gasteiger partial charge in [0.15, 0.2) is 9.84 Å². The van der Waals surface area contributed by atoms with Gasteiger partial charge in [-0.2, -0.15) is 0 Å². The smallest absolute Gasteiger partial charge is 0.306 e. The number of hydrogen-bond donors (Lipinski definition) is 0. The molecule has 1 atom stereocenters. The first kappa shape index (κ1) is 15.4. The van der Waals surface area contributed by atoms with Gasteiger partial charge in [0.05, 0.1) is 24.5 Å². The summed E-state index contributed by atoms with van der Waals surface area (Å²) in [6, 6.07) is 0. The van der Waals surface area contributed by atoms with E-state index in [0.717, 1.165) is 0 Å². The van der Waals surface area contributed by atoms with Gasteiger partial charge in [0.25, 0.3) is 0 Å². The quantitative estimate of drug-likeness (QED) is 0.471. The summed E-state index contributed by atoms with van der Waals surface area (Å²) in [5, 5.41) is -0.678. The van der Waals surface area contributed by atoms with Gasteiger partial charge in [0.1, 0.15) is 0 Å². The summed E-state index contributed by atoms with van der Waals surface area (Å²) >= 11 is 0. The fourth-order valence-corrected chi connectivity index (χ4v) is 2.59. The molecule has 16 heavy (non-hydrogen) atoms. The summed E-state index contributed by atoms with van der Waals surface area (Å²) < 4.78 is 32.7. The summed E-state index contributed by atoms with van der Waals surface area (Å²) in [7, 11) is -0.374. The van der Waals surface area contributed by atoms with Crippen LogP contribution in [0, 0.1) is 0 Å². The Bertz CT molecular complexity index is 296. The van der Waals surface area contributed by atoms with Crippen LogP contribution < -0.4 is 0 Å². The average Bonchev–Trinajstić information content (AvgIpc) is 2.24. The van der Waals surface area contributed by atoms with Gasteiger partial charge in [0.2, 0.25) is 0 Å². The highest BCUT2D eigenvalue weighted by molar-refractivity contribution is 7.92. The van der Waals surface area contributed by atoms with Crippen LogP contribution in [-0.2, 0) is 24.1 Å². The van der Waals surface area contributed by atoms with Crippen LogP contribution >= 0.6 is 0 Å². The lowest BCUT2D eigenvalue weighted by atomic mass is 10.3. The third-order valence-electron chi connectivity index (χ3n) is 2.32. The van der Waals surface area contributed by atoms with E-state index in [2.05, 4.69) is 4.74 Å². The maximum Gasteiger partial charge on any atom is 0.306 e. The molecule has 0 aliphatic heterocycles. The Hall–Kier alpha value is -0.620. The molecule has 0 rings (SSSR count). The fourth-order valence-electron chi connectivity index (χ4n) is 1.20. The molecule has 0 heterocycles. The zero-order valence-electron chi connectivity index (χ0n) is 10.1. The normalized spacial score (nSPS) is 13.4. The predicted octanol–water partition coefficient (Wildman–Crippen LogP) is 0.779. The van der Waals surface area contributed by atoms with Crippen LogP contribution in [0.3, 0.4) is 0 Å². The Kier molecular flexibility index (Phi) is 7.33. The van der Waals surface area contributed by atoms with Crippen LogP contribution in [-0.4, -0.2) is 46.2 Å². The molecule has 96 valence electrons. The molecule has 0 N–H and O–H groups in total. The summed E-state index contributed by atoms with van der Waals surface area (Å²) in [4.78, 5) is 10.9. The highest BCUT2D eigenvalue weighted by Crippen LogP contribution is 2.09. The highest BCUT2D eigenvalue weighted by atomic mass is 32.2. The lowest BCUT2D eigenvalue weighted by Gasteiger charge is -2.11. The molecular formula is C10H20O5S. The molecule has 0 fully saturated rings. The Balaban J connectivity index is 4.06. The number of carbonyl (C=O) groups is 1. The maximum atomic E-state index is 11.7. The minimum absolute atomic E-state index is 0.0802. The third kappa shape index (κ3) is 6.07. The number of hydrogen-bond acceptors (Lipinski definition) is 5. The minimum Gasteiger partial charge on any atom is -0.469 e. The molecule has 0 aliphatic rings. The Morgan fingerprint density at radius 2 is 1.88 bits per heavy atom. The van der Waals surface area contributed by atoms with Crippen LogP contribution in [0.5, 0.6) is 0 Å². The number of rotatable bonds is 8. The van der Waals surface area contributed by atoms with E-state index in [1.165, 1.54) is 14.0 Å². The number of carbonyl (C=O) groups excluding carboxylic acids is 1. The number of unbranched alkanes of at least 4 members (excludes halogenated alkanes) is 1. The van der Waals surface area contributed by atoms with Crippen molar-refractivity contribution >= 4 is 15.8 Å². The molecule has 1 unspecified atom stereocenters. The van der Waals surface area contributed by atoms with Crippen LogP contribution in [0.25, 0.3) is 0 Å². The van der Waals surface area contributed by atoms with E-state index in [9.17, 15) is 13.2 Å². The first-order valence-electron chi connectivity index (χ1n) is 5.21. The summed E-state index contributed by atoms with van der Waals surface area (Å²) in [6.45, 7) is 2.09. The molecule has 0 aliphatic carbocycles. The number of esters is 1. The molecule has 0 radical (unpaired) electrons. The molecule has 0 aromatic carbocycles. The van der Waals surface area contributed by atoms with Crippen molar-refractivity contribution in [2.45, 2.75) is 31.4 Å². The van der Waals surface area contributed by atoms with E-state index in [4.69, 9.17) is 4.74 Å². The van der Waals surface area contributed by atoms with Gasteiger partial charge in [-0.3, -0.25) is 4.79 Å². The molecule has 5 nitrogen and oxygen atoms in total. The van der Waals surface area contributed by atoms with Gasteiger partial charge in [-0.1, -0.05) is 0 Å². The zero-order chi connectivity index (χ0) is 12.6. The van der Waals surface area contributed by atoms with Crippen molar-refractivity contribution < 1.29 is 22.7 Å². The lowest BCUT2D eigenvalue weighted by molar-refractivity contribution is -0.140. The standard InChI is InChI=1S/C10H20O5S/c1-9(8-10(11)15-3)16(12,13)7-5-4-6-14-2/h9H,4-8H2,1-3H3. The second-order valence-corrected chi connectivity index (χ2v) is 6.20. The van der Waals surface area contributed by atoms with Crippen molar-refractivity contribution in [2.75, 3.05) is 26.6 Å². The monoisotopic (exact) mass is 252 g/mol. The summed E-state index contributed by atoms with van der Waals surface area (Å²) in [5.41, 5.74) is 0. The molecular weight excluding hydrogens is 232 g/mol. The van der Waals surface area contributed by atoms with Gasteiger partial charge in [0, 0.05) is 13.7 Å². The summed E-state index contributed by atoms with van der Waals surface area (Å²) in [6.07, 6.45) is 1.19. The number of methoxy groups -OCH3 is 2. The van der Waals surface area contributed by atoms with Crippen LogP contribution in [0.4, 0.5) is 0 Å². The Morgan fingerprint density at radius 1 is 1.25 bits per heavy atom. The van der Waals surface area contributed by atoms with Crippen molar-refractivity contribution in [2.24, 2.45) is 0 Å². The first-order chi connectivity index (χ1) is 7.44. The van der Waals surface area contributed by atoms with Crippen LogP contribution in [0.15, 0.2) is 0 Å². The second kappa shape index (κ2) is 7.62.